The van der Waals surface area contributed by atoms with Crippen molar-refractivity contribution in [2.45, 2.75) is 20.0 Å². The third kappa shape index (κ3) is 2.71. The molecule has 0 saturated carbocycles. The maximum Gasteiger partial charge on any atom is 0.162 e. The molecule has 0 bridgehead atoms. The Balaban J connectivity index is 2.00. The third-order valence-electron chi connectivity index (χ3n) is 3.80. The van der Waals surface area contributed by atoms with E-state index < -0.39 is 6.10 Å². The van der Waals surface area contributed by atoms with Crippen LogP contribution in [0.5, 0.6) is 11.5 Å². The standard InChI is InChI=1S/C17H17ClO3/c1-10-3-4-12(7-11(10)2)17(19)13-8-15-16(9-14(13)18)21-6-5-20-15/h3-4,7-9,17,19H,5-6H2,1-2H3. The van der Waals surface area contributed by atoms with Gasteiger partial charge in [-0.25, -0.2) is 0 Å². The summed E-state index contributed by atoms with van der Waals surface area (Å²) in [5.74, 6) is 1.26. The lowest BCUT2D eigenvalue weighted by molar-refractivity contribution is 0.169. The summed E-state index contributed by atoms with van der Waals surface area (Å²) in [5, 5.41) is 11.1. The highest BCUT2D eigenvalue weighted by Gasteiger charge is 2.20. The Bertz CT molecular complexity index is 682. The molecule has 1 heterocycles. The Morgan fingerprint density at radius 1 is 1.00 bits per heavy atom. The van der Waals surface area contributed by atoms with E-state index in [1.54, 1.807) is 12.1 Å². The molecule has 0 aromatic heterocycles. The Hall–Kier alpha value is -1.71. The molecule has 1 unspecified atom stereocenters. The van der Waals surface area contributed by atoms with Crippen molar-refractivity contribution in [2.75, 3.05) is 13.2 Å². The molecular weight excluding hydrogens is 288 g/mol. The largest absolute Gasteiger partial charge is 0.486 e. The van der Waals surface area contributed by atoms with Crippen molar-refractivity contribution in [3.05, 3.63) is 57.6 Å². The SMILES string of the molecule is Cc1ccc(C(O)c2cc3c(cc2Cl)OCCO3)cc1C. The van der Waals surface area contributed by atoms with Crippen molar-refractivity contribution >= 4 is 11.6 Å². The van der Waals surface area contributed by atoms with Gasteiger partial charge in [0.1, 0.15) is 19.3 Å². The van der Waals surface area contributed by atoms with E-state index in [1.165, 1.54) is 5.56 Å². The summed E-state index contributed by atoms with van der Waals surface area (Å²) in [4.78, 5) is 0. The Labute approximate surface area is 129 Å². The van der Waals surface area contributed by atoms with Crippen LogP contribution in [0.1, 0.15) is 28.4 Å². The van der Waals surface area contributed by atoms with Gasteiger partial charge in [-0.15, -0.1) is 0 Å². The van der Waals surface area contributed by atoms with E-state index in [0.29, 0.717) is 35.3 Å². The highest BCUT2D eigenvalue weighted by atomic mass is 35.5. The fourth-order valence-corrected chi connectivity index (χ4v) is 2.66. The number of hydrogen-bond donors (Lipinski definition) is 1. The van der Waals surface area contributed by atoms with E-state index in [2.05, 4.69) is 0 Å². The predicted octanol–water partition coefficient (Wildman–Crippen LogP) is 3.81. The third-order valence-corrected chi connectivity index (χ3v) is 4.13. The first kappa shape index (κ1) is 14.2. The van der Waals surface area contributed by atoms with Crippen LogP contribution in [-0.4, -0.2) is 18.3 Å². The van der Waals surface area contributed by atoms with Gasteiger partial charge in [-0.2, -0.15) is 0 Å². The number of hydrogen-bond acceptors (Lipinski definition) is 3. The van der Waals surface area contributed by atoms with Crippen molar-refractivity contribution in [3.8, 4) is 11.5 Å². The Morgan fingerprint density at radius 3 is 2.33 bits per heavy atom. The van der Waals surface area contributed by atoms with Crippen molar-refractivity contribution in [1.82, 2.24) is 0 Å². The molecule has 0 aliphatic carbocycles. The summed E-state index contributed by atoms with van der Waals surface area (Å²) in [6.07, 6.45) is -0.785. The second kappa shape index (κ2) is 5.58. The number of benzene rings is 2. The van der Waals surface area contributed by atoms with Gasteiger partial charge in [-0.05, 0) is 36.6 Å². The molecule has 1 aliphatic rings. The smallest absolute Gasteiger partial charge is 0.162 e. The molecule has 1 N–H and O–H groups in total. The zero-order valence-corrected chi connectivity index (χ0v) is 12.8. The first-order valence-electron chi connectivity index (χ1n) is 6.90. The number of aryl methyl sites for hydroxylation is 2. The van der Waals surface area contributed by atoms with Crippen LogP contribution in [0.3, 0.4) is 0 Å². The quantitative estimate of drug-likeness (QED) is 0.917. The van der Waals surface area contributed by atoms with E-state index >= 15 is 0 Å². The monoisotopic (exact) mass is 304 g/mol. The average Bonchev–Trinajstić information content (AvgIpc) is 2.48. The normalized spacial score (nSPS) is 14.9. The van der Waals surface area contributed by atoms with E-state index in [4.69, 9.17) is 21.1 Å². The molecule has 110 valence electrons. The van der Waals surface area contributed by atoms with Crippen molar-refractivity contribution in [1.29, 1.82) is 0 Å². The van der Waals surface area contributed by atoms with Crippen molar-refractivity contribution in [3.63, 3.8) is 0 Å². The number of rotatable bonds is 2. The lowest BCUT2D eigenvalue weighted by Crippen LogP contribution is -2.16. The maximum absolute atomic E-state index is 10.6. The molecule has 3 rings (SSSR count). The number of ether oxygens (including phenoxy) is 2. The molecule has 3 nitrogen and oxygen atoms in total. The van der Waals surface area contributed by atoms with Crippen LogP contribution in [0.25, 0.3) is 0 Å². The van der Waals surface area contributed by atoms with Gasteiger partial charge in [0.2, 0.25) is 0 Å². The summed E-state index contributed by atoms with van der Waals surface area (Å²) >= 11 is 6.28. The molecule has 0 fully saturated rings. The Morgan fingerprint density at radius 2 is 1.67 bits per heavy atom. The summed E-state index contributed by atoms with van der Waals surface area (Å²) in [5.41, 5.74) is 3.78. The minimum Gasteiger partial charge on any atom is -0.486 e. The molecule has 2 aromatic carbocycles. The molecule has 0 spiro atoms. The first-order chi connectivity index (χ1) is 10.1. The van der Waals surface area contributed by atoms with Crippen LogP contribution < -0.4 is 9.47 Å². The van der Waals surface area contributed by atoms with Crippen LogP contribution in [0.15, 0.2) is 30.3 Å². The zero-order valence-electron chi connectivity index (χ0n) is 12.0. The topological polar surface area (TPSA) is 38.7 Å². The second-order valence-electron chi connectivity index (χ2n) is 5.26. The highest BCUT2D eigenvalue weighted by molar-refractivity contribution is 6.31. The molecule has 4 heteroatoms. The van der Waals surface area contributed by atoms with E-state index in [9.17, 15) is 5.11 Å². The molecule has 21 heavy (non-hydrogen) atoms. The summed E-state index contributed by atoms with van der Waals surface area (Å²) < 4.78 is 11.0. The highest BCUT2D eigenvalue weighted by Crippen LogP contribution is 2.39. The summed E-state index contributed by atoms with van der Waals surface area (Å²) in [6, 6.07) is 9.36. The van der Waals surface area contributed by atoms with Gasteiger partial charge < -0.3 is 14.6 Å². The molecule has 2 aromatic rings. The number of aliphatic hydroxyl groups is 1. The van der Waals surface area contributed by atoms with E-state index in [-0.39, 0.29) is 0 Å². The van der Waals surface area contributed by atoms with Gasteiger partial charge in [-0.1, -0.05) is 29.8 Å². The minimum absolute atomic E-state index is 0.477. The molecule has 0 amide bonds. The van der Waals surface area contributed by atoms with Gasteiger partial charge in [-0.3, -0.25) is 0 Å². The fraction of sp³-hybridized carbons (Fsp3) is 0.294. The van der Waals surface area contributed by atoms with Gasteiger partial charge in [0.25, 0.3) is 0 Å². The minimum atomic E-state index is -0.785. The summed E-state index contributed by atoms with van der Waals surface area (Å²) in [6.45, 7) is 5.09. The van der Waals surface area contributed by atoms with Crippen molar-refractivity contribution in [2.24, 2.45) is 0 Å². The molecule has 1 atom stereocenters. The predicted molar refractivity (Wildman–Crippen MR) is 82.4 cm³/mol. The number of halogens is 1. The average molecular weight is 305 g/mol. The van der Waals surface area contributed by atoms with Crippen molar-refractivity contribution < 1.29 is 14.6 Å². The molecule has 1 aliphatic heterocycles. The van der Waals surface area contributed by atoms with Gasteiger partial charge >= 0.3 is 0 Å². The lowest BCUT2D eigenvalue weighted by atomic mass is 9.97. The van der Waals surface area contributed by atoms with E-state index in [1.807, 2.05) is 32.0 Å². The molecule has 0 saturated heterocycles. The zero-order chi connectivity index (χ0) is 15.0. The fourth-order valence-electron chi connectivity index (χ4n) is 2.40. The van der Waals surface area contributed by atoms with Crippen LogP contribution in [0, 0.1) is 13.8 Å². The van der Waals surface area contributed by atoms with Crippen LogP contribution in [0.4, 0.5) is 0 Å². The van der Waals surface area contributed by atoms with Crippen LogP contribution in [0.2, 0.25) is 5.02 Å². The van der Waals surface area contributed by atoms with Crippen LogP contribution in [-0.2, 0) is 0 Å². The molecule has 0 radical (unpaired) electrons. The summed E-state index contributed by atoms with van der Waals surface area (Å²) in [7, 11) is 0. The van der Waals surface area contributed by atoms with E-state index in [0.717, 1.165) is 11.1 Å². The second-order valence-corrected chi connectivity index (χ2v) is 5.67. The number of fused-ring (bicyclic) bond motifs is 1. The number of aliphatic hydroxyl groups excluding tert-OH is 1. The maximum atomic E-state index is 10.6. The first-order valence-corrected chi connectivity index (χ1v) is 7.28. The van der Waals surface area contributed by atoms with Gasteiger partial charge in [0.05, 0.1) is 5.02 Å². The Kier molecular flexibility index (Phi) is 3.79. The lowest BCUT2D eigenvalue weighted by Gasteiger charge is -2.21. The van der Waals surface area contributed by atoms with Gasteiger partial charge in [0, 0.05) is 11.6 Å². The van der Waals surface area contributed by atoms with Crippen LogP contribution >= 0.6 is 11.6 Å². The molecular formula is C17H17ClO3. The van der Waals surface area contributed by atoms with Gasteiger partial charge in [0.15, 0.2) is 11.5 Å².